The average molecular weight is 161 g/mol. The molecule has 0 heterocycles. The molecule has 70 valence electrons. The van der Waals surface area contributed by atoms with Crippen molar-refractivity contribution in [1.82, 2.24) is 0 Å². The first kappa shape index (κ1) is 16.8. The van der Waals surface area contributed by atoms with Crippen molar-refractivity contribution in [3.8, 4) is 0 Å². The van der Waals surface area contributed by atoms with E-state index in [2.05, 4.69) is 16.7 Å². The topological polar surface area (TPSA) is 21.6 Å². The molecule has 2 nitrogen and oxygen atoms in total. The maximum atomic E-state index is 4.55. The number of rotatable bonds is 3. The third-order valence-electron chi connectivity index (χ3n) is 0.533. The van der Waals surface area contributed by atoms with Gasteiger partial charge in [-0.1, -0.05) is 34.6 Å². The zero-order chi connectivity index (χ0) is 9.54. The Labute approximate surface area is 71.7 Å². The van der Waals surface area contributed by atoms with E-state index < -0.39 is 0 Å². The summed E-state index contributed by atoms with van der Waals surface area (Å²) in [5, 5.41) is 0. The van der Waals surface area contributed by atoms with Gasteiger partial charge in [0.25, 0.3) is 0 Å². The number of nitrogens with zero attached hydrogens (tertiary/aromatic N) is 1. The molecule has 0 fully saturated rings. The summed E-state index contributed by atoms with van der Waals surface area (Å²) < 4.78 is 4.55. The lowest BCUT2D eigenvalue weighted by molar-refractivity contribution is 0.420. The Morgan fingerprint density at radius 3 is 1.91 bits per heavy atom. The maximum Gasteiger partial charge on any atom is 0.168 e. The number of ether oxygens (including phenoxy) is 1. The molecule has 0 N–H and O–H groups in total. The van der Waals surface area contributed by atoms with Crippen molar-refractivity contribution in [2.75, 3.05) is 13.7 Å². The third kappa shape index (κ3) is 43.9. The molecular weight excluding hydrogens is 138 g/mol. The van der Waals surface area contributed by atoms with Crippen molar-refractivity contribution < 1.29 is 4.74 Å². The van der Waals surface area contributed by atoms with E-state index in [1.54, 1.807) is 7.11 Å². The Hall–Kier alpha value is -0.530. The van der Waals surface area contributed by atoms with Crippen molar-refractivity contribution in [3.05, 3.63) is 0 Å². The normalized spacial score (nSPS) is 7.45. The molecule has 0 saturated heterocycles. The van der Waals surface area contributed by atoms with Gasteiger partial charge in [0, 0.05) is 6.54 Å². The van der Waals surface area contributed by atoms with E-state index in [1.165, 1.54) is 6.40 Å². The molecule has 0 aliphatic carbocycles. The van der Waals surface area contributed by atoms with Crippen LogP contribution in [0.3, 0.4) is 0 Å². The first-order chi connectivity index (χ1) is 5.41. The van der Waals surface area contributed by atoms with E-state index in [1.807, 2.05) is 27.7 Å². The van der Waals surface area contributed by atoms with Gasteiger partial charge in [0.2, 0.25) is 0 Å². The fourth-order valence-electron chi connectivity index (χ4n) is 0.256. The molecule has 0 aromatic heterocycles. The lowest BCUT2D eigenvalue weighted by atomic mass is 10.5. The van der Waals surface area contributed by atoms with Crippen LogP contribution in [0.4, 0.5) is 0 Å². The standard InChI is InChI=1S/C5H11NO.2C2H6/c1-3-4-6-5-7-2;2*1-2/h5H,3-4H2,1-2H3;2*1-2H3. The fraction of sp³-hybridized carbons (Fsp3) is 0.889. The Morgan fingerprint density at radius 1 is 1.18 bits per heavy atom. The molecule has 11 heavy (non-hydrogen) atoms. The van der Waals surface area contributed by atoms with Crippen LogP contribution in [0.1, 0.15) is 41.0 Å². The predicted octanol–water partition coefficient (Wildman–Crippen LogP) is 3.12. The van der Waals surface area contributed by atoms with Crippen LogP contribution < -0.4 is 0 Å². The summed E-state index contributed by atoms with van der Waals surface area (Å²) >= 11 is 0. The molecule has 0 amide bonds. The van der Waals surface area contributed by atoms with Crippen molar-refractivity contribution in [3.63, 3.8) is 0 Å². The molecule has 0 aliphatic rings. The van der Waals surface area contributed by atoms with Crippen molar-refractivity contribution >= 4 is 6.40 Å². The smallest absolute Gasteiger partial charge is 0.168 e. The molecule has 0 aromatic rings. The number of hydrogen-bond donors (Lipinski definition) is 0. The van der Waals surface area contributed by atoms with Gasteiger partial charge in [0.15, 0.2) is 6.40 Å². The van der Waals surface area contributed by atoms with E-state index in [-0.39, 0.29) is 0 Å². The van der Waals surface area contributed by atoms with Gasteiger partial charge in [0.05, 0.1) is 7.11 Å². The van der Waals surface area contributed by atoms with Gasteiger partial charge in [-0.2, -0.15) is 0 Å². The highest BCUT2D eigenvalue weighted by Crippen LogP contribution is 1.73. The summed E-state index contributed by atoms with van der Waals surface area (Å²) in [5.41, 5.74) is 0. The van der Waals surface area contributed by atoms with Crippen LogP contribution in [0, 0.1) is 0 Å². The highest BCUT2D eigenvalue weighted by Gasteiger charge is 1.67. The Morgan fingerprint density at radius 2 is 1.64 bits per heavy atom. The SMILES string of the molecule is CC.CC.CCCN=COC. The second-order valence-corrected chi connectivity index (χ2v) is 1.25. The highest BCUT2D eigenvalue weighted by molar-refractivity contribution is 5.45. The van der Waals surface area contributed by atoms with Crippen LogP contribution in [0.5, 0.6) is 0 Å². The molecule has 0 saturated carbocycles. The molecule has 2 heteroatoms. The minimum atomic E-state index is 0.869. The Bertz CT molecular complexity index is 53.5. The second-order valence-electron chi connectivity index (χ2n) is 1.25. The van der Waals surface area contributed by atoms with E-state index in [0.717, 1.165) is 13.0 Å². The number of hydrogen-bond acceptors (Lipinski definition) is 2. The van der Waals surface area contributed by atoms with Gasteiger partial charge in [-0.15, -0.1) is 0 Å². The first-order valence-electron chi connectivity index (χ1n) is 4.43. The predicted molar refractivity (Wildman–Crippen MR) is 53.4 cm³/mol. The van der Waals surface area contributed by atoms with Crippen LogP contribution >= 0.6 is 0 Å². The molecule has 0 bridgehead atoms. The van der Waals surface area contributed by atoms with Gasteiger partial charge >= 0.3 is 0 Å². The van der Waals surface area contributed by atoms with Crippen LogP contribution in [0.2, 0.25) is 0 Å². The van der Waals surface area contributed by atoms with Gasteiger partial charge in [-0.05, 0) is 6.42 Å². The van der Waals surface area contributed by atoms with E-state index in [4.69, 9.17) is 0 Å². The Balaban J connectivity index is -0.000000138. The lowest BCUT2D eigenvalue weighted by Crippen LogP contribution is -1.79. The van der Waals surface area contributed by atoms with Gasteiger partial charge in [-0.25, -0.2) is 0 Å². The number of aliphatic imine (C=N–C) groups is 1. The first-order valence-corrected chi connectivity index (χ1v) is 4.43. The molecular formula is C9H23NO. The summed E-state index contributed by atoms with van der Waals surface area (Å²) in [5.74, 6) is 0. The molecule has 0 unspecified atom stereocenters. The van der Waals surface area contributed by atoms with Crippen LogP contribution in [0.25, 0.3) is 0 Å². The highest BCUT2D eigenvalue weighted by atomic mass is 16.5. The summed E-state index contributed by atoms with van der Waals surface area (Å²) in [6.45, 7) is 10.9. The summed E-state index contributed by atoms with van der Waals surface area (Å²) in [6, 6.07) is 0. The molecule has 0 radical (unpaired) electrons. The van der Waals surface area contributed by atoms with Crippen molar-refractivity contribution in [1.29, 1.82) is 0 Å². The lowest BCUT2D eigenvalue weighted by Gasteiger charge is -1.83. The average Bonchev–Trinajstić information content (AvgIpc) is 2.13. The molecule has 0 aromatic carbocycles. The van der Waals surface area contributed by atoms with Gasteiger partial charge in [-0.3, -0.25) is 4.99 Å². The van der Waals surface area contributed by atoms with E-state index in [0.29, 0.717) is 0 Å². The molecule has 0 atom stereocenters. The minimum absolute atomic E-state index is 0.869. The molecule has 0 aliphatic heterocycles. The van der Waals surface area contributed by atoms with Crippen LogP contribution in [0.15, 0.2) is 4.99 Å². The maximum absolute atomic E-state index is 4.55. The van der Waals surface area contributed by atoms with E-state index in [9.17, 15) is 0 Å². The second kappa shape index (κ2) is 34.0. The zero-order valence-corrected chi connectivity index (χ0v) is 8.85. The summed E-state index contributed by atoms with van der Waals surface area (Å²) in [6.07, 6.45) is 2.54. The molecule has 0 rings (SSSR count). The fourth-order valence-corrected chi connectivity index (χ4v) is 0.256. The molecule has 0 spiro atoms. The third-order valence-corrected chi connectivity index (χ3v) is 0.533. The van der Waals surface area contributed by atoms with Gasteiger partial charge in [0.1, 0.15) is 0 Å². The van der Waals surface area contributed by atoms with Crippen molar-refractivity contribution in [2.24, 2.45) is 4.99 Å². The zero-order valence-electron chi connectivity index (χ0n) is 8.85. The number of methoxy groups -OCH3 is 1. The van der Waals surface area contributed by atoms with E-state index >= 15 is 0 Å². The van der Waals surface area contributed by atoms with Gasteiger partial charge < -0.3 is 4.74 Å². The largest absolute Gasteiger partial charge is 0.487 e. The summed E-state index contributed by atoms with van der Waals surface area (Å²) in [4.78, 5) is 3.86. The summed E-state index contributed by atoms with van der Waals surface area (Å²) in [7, 11) is 1.60. The Kier molecular flexibility index (Phi) is 52.0. The van der Waals surface area contributed by atoms with Crippen LogP contribution in [-0.4, -0.2) is 20.1 Å². The monoisotopic (exact) mass is 161 g/mol. The van der Waals surface area contributed by atoms with Crippen molar-refractivity contribution in [2.45, 2.75) is 41.0 Å². The quantitative estimate of drug-likeness (QED) is 0.460. The minimum Gasteiger partial charge on any atom is -0.487 e. The van der Waals surface area contributed by atoms with Crippen LogP contribution in [-0.2, 0) is 4.74 Å².